The van der Waals surface area contributed by atoms with Crippen molar-refractivity contribution in [1.29, 1.82) is 0 Å². The Labute approximate surface area is 125 Å². The molecule has 3 heterocycles. The van der Waals surface area contributed by atoms with E-state index in [-0.39, 0.29) is 11.9 Å². The quantitative estimate of drug-likeness (QED) is 0.730. The fourth-order valence-electron chi connectivity index (χ4n) is 2.77. The van der Waals surface area contributed by atoms with E-state index in [1.807, 2.05) is 29.2 Å². The molecule has 1 aliphatic rings. The van der Waals surface area contributed by atoms with Gasteiger partial charge in [-0.15, -0.1) is 11.3 Å². The van der Waals surface area contributed by atoms with Crippen molar-refractivity contribution in [2.45, 2.75) is 12.5 Å². The molecule has 1 aliphatic heterocycles. The summed E-state index contributed by atoms with van der Waals surface area (Å²) in [5, 5.41) is 9.47. The van der Waals surface area contributed by atoms with Crippen molar-refractivity contribution < 1.29 is 4.79 Å². The van der Waals surface area contributed by atoms with Crippen molar-refractivity contribution in [3.63, 3.8) is 0 Å². The Morgan fingerprint density at radius 2 is 2.05 bits per heavy atom. The summed E-state index contributed by atoms with van der Waals surface area (Å²) in [5.41, 5.74) is 0. The maximum Gasteiger partial charge on any atom is 0.264 e. The van der Waals surface area contributed by atoms with Gasteiger partial charge in [-0.25, -0.2) is 0 Å². The minimum atomic E-state index is 0.117. The van der Waals surface area contributed by atoms with Crippen molar-refractivity contribution in [2.75, 3.05) is 13.1 Å². The number of amides is 1. The number of carbonyl (C=O) groups excluding carboxylic acids is 1. The minimum Gasteiger partial charge on any atom is -0.336 e. The molecule has 0 bridgehead atoms. The standard InChI is InChI=1S/C15H14N4OS/c20-15(14-9-11-3-1-2-4-13(11)21-14)18-8-5-12(10-18)19-16-6-7-17-19/h1-4,6-7,9,12H,5,8,10H2. The smallest absolute Gasteiger partial charge is 0.264 e. The maximum absolute atomic E-state index is 12.6. The van der Waals surface area contributed by atoms with Gasteiger partial charge in [0.1, 0.15) is 0 Å². The van der Waals surface area contributed by atoms with Crippen LogP contribution in [0.25, 0.3) is 10.1 Å². The molecule has 0 saturated carbocycles. The largest absolute Gasteiger partial charge is 0.336 e. The molecular weight excluding hydrogens is 284 g/mol. The van der Waals surface area contributed by atoms with Gasteiger partial charge in [0.15, 0.2) is 0 Å². The molecule has 0 radical (unpaired) electrons. The first-order valence-electron chi connectivity index (χ1n) is 6.95. The van der Waals surface area contributed by atoms with Crippen LogP contribution in [0.4, 0.5) is 0 Å². The lowest BCUT2D eigenvalue weighted by Gasteiger charge is -2.15. The van der Waals surface area contributed by atoms with Crippen molar-refractivity contribution in [2.24, 2.45) is 0 Å². The second-order valence-corrected chi connectivity index (χ2v) is 6.28. The highest BCUT2D eigenvalue weighted by Gasteiger charge is 2.29. The van der Waals surface area contributed by atoms with Crippen LogP contribution in [0.15, 0.2) is 42.7 Å². The second kappa shape index (κ2) is 4.96. The highest BCUT2D eigenvalue weighted by atomic mass is 32.1. The molecular formula is C15H14N4OS. The summed E-state index contributed by atoms with van der Waals surface area (Å²) in [6.45, 7) is 1.45. The zero-order chi connectivity index (χ0) is 14.2. The number of carbonyl (C=O) groups is 1. The van der Waals surface area contributed by atoms with Gasteiger partial charge in [0.2, 0.25) is 0 Å². The van der Waals surface area contributed by atoms with Gasteiger partial charge < -0.3 is 4.90 Å². The summed E-state index contributed by atoms with van der Waals surface area (Å²) in [4.78, 5) is 17.0. The predicted octanol–water partition coefficient (Wildman–Crippen LogP) is 2.58. The van der Waals surface area contributed by atoms with Gasteiger partial charge in [-0.3, -0.25) is 4.79 Å². The number of likely N-dealkylation sites (tertiary alicyclic amines) is 1. The molecule has 106 valence electrons. The summed E-state index contributed by atoms with van der Waals surface area (Å²) in [6, 6.07) is 10.3. The van der Waals surface area contributed by atoms with E-state index in [0.717, 1.165) is 27.9 Å². The van der Waals surface area contributed by atoms with Crippen LogP contribution in [0.5, 0.6) is 0 Å². The number of aromatic nitrogens is 3. The van der Waals surface area contributed by atoms with Gasteiger partial charge in [-0.1, -0.05) is 18.2 Å². The number of benzene rings is 1. The van der Waals surface area contributed by atoms with Crippen LogP contribution in [0.1, 0.15) is 22.1 Å². The number of nitrogens with zero attached hydrogens (tertiary/aromatic N) is 4. The van der Waals surface area contributed by atoms with Gasteiger partial charge in [0, 0.05) is 17.8 Å². The summed E-state index contributed by atoms with van der Waals surface area (Å²) in [5.74, 6) is 0.117. The first-order valence-corrected chi connectivity index (χ1v) is 7.76. The van der Waals surface area contributed by atoms with Crippen LogP contribution in [-0.2, 0) is 0 Å². The highest BCUT2D eigenvalue weighted by molar-refractivity contribution is 7.20. The fourth-order valence-corrected chi connectivity index (χ4v) is 3.80. The molecule has 1 unspecified atom stereocenters. The molecule has 1 aromatic carbocycles. The van der Waals surface area contributed by atoms with E-state index in [9.17, 15) is 4.79 Å². The molecule has 1 fully saturated rings. The summed E-state index contributed by atoms with van der Waals surface area (Å²) < 4.78 is 1.16. The summed E-state index contributed by atoms with van der Waals surface area (Å²) >= 11 is 1.56. The Balaban J connectivity index is 1.55. The lowest BCUT2D eigenvalue weighted by molar-refractivity contribution is 0.0791. The Hall–Kier alpha value is -2.21. The molecule has 1 atom stereocenters. The van der Waals surface area contributed by atoms with Crippen molar-refractivity contribution in [3.8, 4) is 0 Å². The second-order valence-electron chi connectivity index (χ2n) is 5.19. The average Bonchev–Trinajstić information content (AvgIpc) is 3.24. The Bertz CT molecular complexity index is 747. The molecule has 6 heteroatoms. The first kappa shape index (κ1) is 12.5. The van der Waals surface area contributed by atoms with Crippen LogP contribution in [-0.4, -0.2) is 38.9 Å². The Morgan fingerprint density at radius 1 is 1.24 bits per heavy atom. The van der Waals surface area contributed by atoms with Crippen molar-refractivity contribution >= 4 is 27.3 Å². The third kappa shape index (κ3) is 2.21. The third-order valence-corrected chi connectivity index (χ3v) is 4.95. The molecule has 0 aliphatic carbocycles. The van der Waals surface area contributed by atoms with Gasteiger partial charge in [0.25, 0.3) is 5.91 Å². The lowest BCUT2D eigenvalue weighted by atomic mass is 10.2. The van der Waals surface area contributed by atoms with Crippen molar-refractivity contribution in [3.05, 3.63) is 47.6 Å². The third-order valence-electron chi connectivity index (χ3n) is 3.85. The van der Waals surface area contributed by atoms with Gasteiger partial charge >= 0.3 is 0 Å². The van der Waals surface area contributed by atoms with Crippen molar-refractivity contribution in [1.82, 2.24) is 19.9 Å². The van der Waals surface area contributed by atoms with E-state index in [1.54, 1.807) is 28.5 Å². The molecule has 0 N–H and O–H groups in total. The predicted molar refractivity (Wildman–Crippen MR) is 81.4 cm³/mol. The van der Waals surface area contributed by atoms with E-state index in [4.69, 9.17) is 0 Å². The topological polar surface area (TPSA) is 51.0 Å². The van der Waals surface area contributed by atoms with E-state index in [2.05, 4.69) is 16.3 Å². The normalized spacial score (nSPS) is 18.5. The average molecular weight is 298 g/mol. The van der Waals surface area contributed by atoms with Crippen LogP contribution in [0.3, 0.4) is 0 Å². The number of rotatable bonds is 2. The zero-order valence-corrected chi connectivity index (χ0v) is 12.2. The van der Waals surface area contributed by atoms with Crippen LogP contribution in [0, 0.1) is 0 Å². The molecule has 1 saturated heterocycles. The van der Waals surface area contributed by atoms with Gasteiger partial charge in [-0.2, -0.15) is 15.0 Å². The zero-order valence-electron chi connectivity index (χ0n) is 11.3. The molecule has 0 spiro atoms. The monoisotopic (exact) mass is 298 g/mol. The van der Waals surface area contributed by atoms with Crippen LogP contribution < -0.4 is 0 Å². The molecule has 1 amide bonds. The number of thiophene rings is 1. The summed E-state index contributed by atoms with van der Waals surface area (Å²) in [6.07, 6.45) is 4.26. The maximum atomic E-state index is 12.6. The Kier molecular flexibility index (Phi) is 2.96. The lowest BCUT2D eigenvalue weighted by Crippen LogP contribution is -2.28. The molecule has 2 aromatic heterocycles. The molecule has 4 rings (SSSR count). The number of fused-ring (bicyclic) bond motifs is 1. The van der Waals surface area contributed by atoms with E-state index < -0.39 is 0 Å². The molecule has 5 nitrogen and oxygen atoms in total. The molecule has 3 aromatic rings. The minimum absolute atomic E-state index is 0.117. The number of hydrogen-bond donors (Lipinski definition) is 0. The fraction of sp³-hybridized carbons (Fsp3) is 0.267. The first-order chi connectivity index (χ1) is 10.3. The van der Waals surface area contributed by atoms with E-state index >= 15 is 0 Å². The van der Waals surface area contributed by atoms with Gasteiger partial charge in [-0.05, 0) is 23.9 Å². The Morgan fingerprint density at radius 3 is 2.86 bits per heavy atom. The van der Waals surface area contributed by atoms with Crippen LogP contribution in [0.2, 0.25) is 0 Å². The van der Waals surface area contributed by atoms with E-state index in [0.29, 0.717) is 6.54 Å². The van der Waals surface area contributed by atoms with E-state index in [1.165, 1.54) is 0 Å². The SMILES string of the molecule is O=C(c1cc2ccccc2s1)N1CCC(n2nccn2)C1. The summed E-state index contributed by atoms with van der Waals surface area (Å²) in [7, 11) is 0. The van der Waals surface area contributed by atoms with Crippen LogP contribution >= 0.6 is 11.3 Å². The molecule has 21 heavy (non-hydrogen) atoms. The van der Waals surface area contributed by atoms with Gasteiger partial charge in [0.05, 0.1) is 23.3 Å². The highest BCUT2D eigenvalue weighted by Crippen LogP contribution is 2.28. The number of hydrogen-bond acceptors (Lipinski definition) is 4.